The van der Waals surface area contributed by atoms with Crippen molar-refractivity contribution >= 4 is 21.6 Å². The van der Waals surface area contributed by atoms with Gasteiger partial charge in [0.1, 0.15) is 29.9 Å². The molecule has 0 radical (unpaired) electrons. The molecule has 10 heteroatoms. The Balaban J connectivity index is 1.67. The molecule has 0 spiro atoms. The number of hydrogen-bond acceptors (Lipinski definition) is 6. The summed E-state index contributed by atoms with van der Waals surface area (Å²) in [4.78, 5) is 3.87. The standard InChI is InChI=1S/C18H21F2N5OS2/c1-14(28-27-9-3-8-24-7-2-6-22-24)18(26,11-25-13-21-12-23-25)16-5-4-15(19)10-17(16)20/h2,4-7,10,12-14,26H,3,8-9,11H2,1H3/t14-,18-/m1/s1. The molecular weight excluding hydrogens is 404 g/mol. The highest BCUT2D eigenvalue weighted by Gasteiger charge is 2.39. The van der Waals surface area contributed by atoms with Gasteiger partial charge in [-0.25, -0.2) is 18.4 Å². The van der Waals surface area contributed by atoms with Gasteiger partial charge in [-0.3, -0.25) is 4.68 Å². The van der Waals surface area contributed by atoms with Gasteiger partial charge in [0.25, 0.3) is 0 Å². The average molecular weight is 426 g/mol. The minimum atomic E-state index is -1.58. The number of benzene rings is 1. The minimum absolute atomic E-state index is 0.0115. The first-order valence-corrected chi connectivity index (χ1v) is 11.1. The van der Waals surface area contributed by atoms with Crippen LogP contribution >= 0.6 is 21.6 Å². The van der Waals surface area contributed by atoms with Gasteiger partial charge in [0.2, 0.25) is 0 Å². The van der Waals surface area contributed by atoms with Gasteiger partial charge in [-0.2, -0.15) is 10.2 Å². The second-order valence-corrected chi connectivity index (χ2v) is 9.15. The number of aryl methyl sites for hydroxylation is 1. The summed E-state index contributed by atoms with van der Waals surface area (Å²) < 4.78 is 31.1. The fraction of sp³-hybridized carbons (Fsp3) is 0.389. The van der Waals surface area contributed by atoms with Crippen LogP contribution in [0.15, 0.2) is 49.3 Å². The Kier molecular flexibility index (Phi) is 7.08. The normalized spacial score (nSPS) is 14.7. The van der Waals surface area contributed by atoms with E-state index in [-0.39, 0.29) is 17.4 Å². The third-order valence-electron chi connectivity index (χ3n) is 4.33. The van der Waals surface area contributed by atoms with Crippen molar-refractivity contribution in [1.82, 2.24) is 24.5 Å². The zero-order chi connectivity index (χ0) is 20.0. The maximum atomic E-state index is 14.5. The first-order chi connectivity index (χ1) is 13.5. The SMILES string of the molecule is C[C@@H](SSCCCn1cccn1)[C@](O)(Cn1cncn1)c1ccc(F)cc1F. The topological polar surface area (TPSA) is 68.8 Å². The van der Waals surface area contributed by atoms with E-state index in [2.05, 4.69) is 15.2 Å². The van der Waals surface area contributed by atoms with Crippen molar-refractivity contribution in [2.45, 2.75) is 37.3 Å². The molecule has 0 unspecified atom stereocenters. The largest absolute Gasteiger partial charge is 0.382 e. The van der Waals surface area contributed by atoms with E-state index < -0.39 is 17.2 Å². The lowest BCUT2D eigenvalue weighted by Crippen LogP contribution is -2.41. The predicted molar refractivity (Wildman–Crippen MR) is 107 cm³/mol. The van der Waals surface area contributed by atoms with Crippen molar-refractivity contribution in [3.05, 3.63) is 66.5 Å². The molecule has 6 nitrogen and oxygen atoms in total. The van der Waals surface area contributed by atoms with Crippen molar-refractivity contribution in [3.8, 4) is 0 Å². The fourth-order valence-corrected chi connectivity index (χ4v) is 5.42. The van der Waals surface area contributed by atoms with E-state index in [0.29, 0.717) is 0 Å². The molecule has 0 amide bonds. The molecule has 2 atom stereocenters. The fourth-order valence-electron chi connectivity index (χ4n) is 2.78. The highest BCUT2D eigenvalue weighted by atomic mass is 33.1. The lowest BCUT2D eigenvalue weighted by Gasteiger charge is -2.34. The molecule has 150 valence electrons. The molecule has 0 aliphatic carbocycles. The Morgan fingerprint density at radius 3 is 2.79 bits per heavy atom. The van der Waals surface area contributed by atoms with Crippen LogP contribution in [0.4, 0.5) is 8.78 Å². The molecule has 0 aliphatic rings. The summed E-state index contributed by atoms with van der Waals surface area (Å²) >= 11 is 0. The van der Waals surface area contributed by atoms with E-state index in [1.165, 1.54) is 34.2 Å². The second-order valence-electron chi connectivity index (χ2n) is 6.32. The second kappa shape index (κ2) is 9.53. The Morgan fingerprint density at radius 2 is 2.11 bits per heavy atom. The van der Waals surface area contributed by atoms with Crippen LogP contribution in [0.25, 0.3) is 0 Å². The maximum absolute atomic E-state index is 14.5. The molecule has 0 saturated heterocycles. The van der Waals surface area contributed by atoms with Gasteiger partial charge in [-0.1, -0.05) is 27.7 Å². The molecule has 3 rings (SSSR count). The Morgan fingerprint density at radius 1 is 1.25 bits per heavy atom. The van der Waals surface area contributed by atoms with Crippen molar-refractivity contribution in [3.63, 3.8) is 0 Å². The number of nitrogens with zero attached hydrogens (tertiary/aromatic N) is 5. The Hall–Kier alpha value is -1.91. The van der Waals surface area contributed by atoms with Crippen LogP contribution in [0.3, 0.4) is 0 Å². The van der Waals surface area contributed by atoms with E-state index in [4.69, 9.17) is 0 Å². The van der Waals surface area contributed by atoms with Crippen molar-refractivity contribution < 1.29 is 13.9 Å². The number of hydrogen-bond donors (Lipinski definition) is 1. The molecule has 3 aromatic rings. The van der Waals surface area contributed by atoms with Crippen molar-refractivity contribution in [2.75, 3.05) is 5.75 Å². The molecule has 2 heterocycles. The van der Waals surface area contributed by atoms with E-state index in [9.17, 15) is 13.9 Å². The third kappa shape index (κ3) is 5.12. The first-order valence-electron chi connectivity index (χ1n) is 8.75. The molecule has 1 N–H and O–H groups in total. The number of rotatable bonds is 10. The first kappa shape index (κ1) is 20.8. The van der Waals surface area contributed by atoms with Crippen LogP contribution in [-0.4, -0.2) is 40.7 Å². The minimum Gasteiger partial charge on any atom is -0.382 e. The van der Waals surface area contributed by atoms with E-state index in [1.807, 2.05) is 23.9 Å². The Labute approximate surface area is 169 Å². The lowest BCUT2D eigenvalue weighted by molar-refractivity contribution is 0.0137. The van der Waals surface area contributed by atoms with Crippen LogP contribution in [0.2, 0.25) is 0 Å². The van der Waals surface area contributed by atoms with E-state index in [0.717, 1.165) is 30.9 Å². The summed E-state index contributed by atoms with van der Waals surface area (Å²) in [6.07, 6.45) is 7.38. The van der Waals surface area contributed by atoms with Gasteiger partial charge in [0, 0.05) is 41.6 Å². The highest BCUT2D eigenvalue weighted by molar-refractivity contribution is 8.76. The van der Waals surface area contributed by atoms with Crippen LogP contribution in [0.1, 0.15) is 18.9 Å². The van der Waals surface area contributed by atoms with Gasteiger partial charge in [-0.15, -0.1) is 0 Å². The molecular formula is C18H21F2N5OS2. The number of aliphatic hydroxyl groups is 1. The van der Waals surface area contributed by atoms with Crippen LogP contribution in [-0.2, 0) is 18.7 Å². The molecule has 1 aromatic carbocycles. The summed E-state index contributed by atoms with van der Waals surface area (Å²) in [5.41, 5.74) is -1.54. The molecule has 0 aliphatic heterocycles. The van der Waals surface area contributed by atoms with Crippen LogP contribution in [0.5, 0.6) is 0 Å². The monoisotopic (exact) mass is 425 g/mol. The van der Waals surface area contributed by atoms with Crippen molar-refractivity contribution in [1.29, 1.82) is 0 Å². The van der Waals surface area contributed by atoms with E-state index in [1.54, 1.807) is 17.0 Å². The zero-order valence-electron chi connectivity index (χ0n) is 15.3. The quantitative estimate of drug-likeness (QED) is 0.396. The number of aromatic nitrogens is 5. The summed E-state index contributed by atoms with van der Waals surface area (Å²) in [5.74, 6) is -0.614. The average Bonchev–Trinajstić information content (AvgIpc) is 3.35. The molecule has 0 bridgehead atoms. The molecule has 0 saturated carbocycles. The van der Waals surface area contributed by atoms with Crippen LogP contribution in [0, 0.1) is 11.6 Å². The lowest BCUT2D eigenvalue weighted by atomic mass is 9.90. The molecule has 0 fully saturated rings. The molecule has 2 aromatic heterocycles. The summed E-state index contributed by atoms with van der Waals surface area (Å²) in [6.45, 7) is 2.65. The van der Waals surface area contributed by atoms with Crippen molar-refractivity contribution in [2.24, 2.45) is 0 Å². The third-order valence-corrected chi connectivity index (χ3v) is 7.37. The van der Waals surface area contributed by atoms with Gasteiger partial charge in [0.15, 0.2) is 0 Å². The smallest absolute Gasteiger partial charge is 0.137 e. The van der Waals surface area contributed by atoms with Gasteiger partial charge in [0.05, 0.1) is 6.54 Å². The highest BCUT2D eigenvalue weighted by Crippen LogP contribution is 2.41. The maximum Gasteiger partial charge on any atom is 0.137 e. The van der Waals surface area contributed by atoms with Gasteiger partial charge in [-0.05, 0) is 25.5 Å². The van der Waals surface area contributed by atoms with E-state index >= 15 is 0 Å². The summed E-state index contributed by atoms with van der Waals surface area (Å²) in [5, 5.41) is 19.2. The van der Waals surface area contributed by atoms with Crippen LogP contribution < -0.4 is 0 Å². The summed E-state index contributed by atoms with van der Waals surface area (Å²) in [7, 11) is 3.07. The van der Waals surface area contributed by atoms with Gasteiger partial charge >= 0.3 is 0 Å². The molecule has 28 heavy (non-hydrogen) atoms. The predicted octanol–water partition coefficient (Wildman–Crippen LogP) is 3.50. The Bertz CT molecular complexity index is 863. The van der Waals surface area contributed by atoms with Gasteiger partial charge < -0.3 is 5.11 Å². The number of halogens is 2. The zero-order valence-corrected chi connectivity index (χ0v) is 16.9. The summed E-state index contributed by atoms with van der Waals surface area (Å²) in [6, 6.07) is 5.11.